The van der Waals surface area contributed by atoms with Crippen molar-refractivity contribution in [2.75, 3.05) is 14.1 Å². The first-order chi connectivity index (χ1) is 8.77. The Morgan fingerprint density at radius 2 is 1.53 bits per heavy atom. The van der Waals surface area contributed by atoms with Crippen LogP contribution in [0.25, 0.3) is 10.4 Å². The normalized spacial score (nSPS) is 10.6. The summed E-state index contributed by atoms with van der Waals surface area (Å²) in [7, 11) is -0.784. The minimum atomic E-state index is -4.94. The summed E-state index contributed by atoms with van der Waals surface area (Å²) in [4.78, 5) is 1.35. The van der Waals surface area contributed by atoms with Gasteiger partial charge in [-0.3, -0.25) is 0 Å². The molecule has 0 unspecified atom stereocenters. The van der Waals surface area contributed by atoms with Gasteiger partial charge in [-0.05, 0) is 5.56 Å². The number of rotatable bonds is 1. The van der Waals surface area contributed by atoms with Gasteiger partial charge in [0.15, 0.2) is 0 Å². The van der Waals surface area contributed by atoms with Crippen molar-refractivity contribution in [3.8, 4) is 10.4 Å². The van der Waals surface area contributed by atoms with Crippen LogP contribution in [0.1, 0.15) is 0 Å². The molecule has 19 heavy (non-hydrogen) atoms. The highest BCUT2D eigenvalue weighted by Crippen LogP contribution is 2.22. The van der Waals surface area contributed by atoms with Crippen molar-refractivity contribution in [3.63, 3.8) is 0 Å². The van der Waals surface area contributed by atoms with Gasteiger partial charge in [0.1, 0.15) is 14.1 Å². The Morgan fingerprint density at radius 3 is 1.95 bits per heavy atom. The molecule has 8 heteroatoms. The smallest absolute Gasteiger partial charge is 0.222 e. The molecule has 2 rings (SSSR count). The van der Waals surface area contributed by atoms with Gasteiger partial charge in [-0.15, -0.1) is 10.2 Å². The van der Waals surface area contributed by atoms with Gasteiger partial charge in [-0.1, -0.05) is 53.0 Å². The molecule has 0 saturated carbocycles. The number of hydrogen-bond donors (Lipinski definition) is 0. The molecule has 0 amide bonds. The highest BCUT2D eigenvalue weighted by molar-refractivity contribution is 7.28. The lowest BCUT2D eigenvalue weighted by atomic mass is 10.2. The Kier molecular flexibility index (Phi) is 6.08. The third-order valence-electron chi connectivity index (χ3n) is 1.89. The van der Waals surface area contributed by atoms with Crippen LogP contribution in [0.15, 0.2) is 35.7 Å². The highest BCUT2D eigenvalue weighted by atomic mass is 35.7. The van der Waals surface area contributed by atoms with Crippen LogP contribution in [0.2, 0.25) is 0 Å². The van der Waals surface area contributed by atoms with E-state index in [2.05, 4.69) is 48.3 Å². The molecule has 1 aromatic carbocycles. The lowest BCUT2D eigenvalue weighted by Crippen LogP contribution is -2.68. The summed E-state index contributed by atoms with van der Waals surface area (Å²) in [5, 5.41) is 2.22. The fourth-order valence-corrected chi connectivity index (χ4v) is 3.29. The van der Waals surface area contributed by atoms with Gasteiger partial charge in [0, 0.05) is 5.38 Å². The van der Waals surface area contributed by atoms with Crippen LogP contribution in [-0.4, -0.2) is 14.1 Å². The molecule has 0 radical (unpaired) electrons. The van der Waals surface area contributed by atoms with Crippen molar-refractivity contribution in [2.24, 2.45) is 0 Å². The summed E-state index contributed by atoms with van der Waals surface area (Å²) in [6.45, 7) is 0. The monoisotopic (exact) mass is 321 g/mol. The molecular formula is C11H12ClNO4S2. The summed E-state index contributed by atoms with van der Waals surface area (Å²) < 4.78 is 37.5. The van der Waals surface area contributed by atoms with E-state index in [1.54, 1.807) is 11.3 Å². The number of benzene rings is 1. The van der Waals surface area contributed by atoms with Crippen LogP contribution in [0.5, 0.6) is 0 Å². The lowest BCUT2D eigenvalue weighted by Gasteiger charge is -2.17. The largest absolute Gasteiger partial charge is 0.313 e. The molecular weight excluding hydrogens is 310 g/mol. The zero-order chi connectivity index (χ0) is 14.5. The number of hydrogen-bond acceptors (Lipinski definition) is 6. The molecule has 0 N–H and O–H groups in total. The third-order valence-corrected chi connectivity index (χ3v) is 4.61. The molecule has 0 aliphatic heterocycles. The van der Waals surface area contributed by atoms with E-state index >= 15 is 0 Å². The van der Waals surface area contributed by atoms with Crippen molar-refractivity contribution < 1.29 is 28.9 Å². The van der Waals surface area contributed by atoms with Crippen LogP contribution in [-0.2, 0) is 0 Å². The van der Waals surface area contributed by atoms with Crippen LogP contribution < -0.4 is 27.2 Å². The van der Waals surface area contributed by atoms with Gasteiger partial charge in [-0.25, -0.2) is 23.2 Å². The highest BCUT2D eigenvalue weighted by Gasteiger charge is 2.02. The van der Waals surface area contributed by atoms with E-state index in [0.29, 0.717) is 0 Å². The molecule has 0 aliphatic rings. The lowest BCUT2D eigenvalue weighted by molar-refractivity contribution is -2.00. The number of halogens is 1. The fraction of sp³-hybridized carbons (Fsp3) is 0.182. The van der Waals surface area contributed by atoms with E-state index in [0.717, 1.165) is 0 Å². The van der Waals surface area contributed by atoms with Crippen molar-refractivity contribution in [3.05, 3.63) is 39.7 Å². The first kappa shape index (κ1) is 16.3. The van der Waals surface area contributed by atoms with Gasteiger partial charge >= 0.3 is 3.98 Å². The van der Waals surface area contributed by atoms with Crippen LogP contribution in [0.4, 0.5) is 0 Å². The molecule has 0 bridgehead atoms. The standard InChI is InChI=1S/C11H12NS2.ClHO4/c1-12(2)11-13-8-10(14-11)9-6-4-3-5-7-9;2-1(3,4)5/h3-8H,1-2H3;(H,2,3,4,5)/q+1;/p-1. The second kappa shape index (κ2) is 7.11. The van der Waals surface area contributed by atoms with Gasteiger partial charge in [-0.2, -0.15) is 0 Å². The molecule has 0 saturated heterocycles. The van der Waals surface area contributed by atoms with E-state index in [1.807, 2.05) is 17.4 Å². The minimum Gasteiger partial charge on any atom is -0.222 e. The first-order valence-corrected chi connectivity index (χ1v) is 7.96. The van der Waals surface area contributed by atoms with Gasteiger partial charge in [0.2, 0.25) is 0 Å². The maximum Gasteiger partial charge on any atom is 0.313 e. The van der Waals surface area contributed by atoms with E-state index in [1.165, 1.54) is 14.4 Å². The van der Waals surface area contributed by atoms with Gasteiger partial charge in [0.25, 0.3) is 0 Å². The Labute approximate surface area is 120 Å². The molecule has 0 aliphatic carbocycles. The summed E-state index contributed by atoms with van der Waals surface area (Å²) in [6.07, 6.45) is 0. The average molecular weight is 322 g/mol. The van der Waals surface area contributed by atoms with Crippen LogP contribution >= 0.6 is 22.7 Å². The predicted octanol–water partition coefficient (Wildman–Crippen LogP) is -2.25. The fourth-order valence-electron chi connectivity index (χ4n) is 1.17. The first-order valence-electron chi connectivity index (χ1n) is 5.03. The Morgan fingerprint density at radius 1 is 1.00 bits per heavy atom. The zero-order valence-corrected chi connectivity index (χ0v) is 12.6. The average Bonchev–Trinajstić information content (AvgIpc) is 2.77. The molecule has 0 atom stereocenters. The van der Waals surface area contributed by atoms with E-state index in [4.69, 9.17) is 18.6 Å². The van der Waals surface area contributed by atoms with Crippen LogP contribution in [0.3, 0.4) is 0 Å². The summed E-state index contributed by atoms with van der Waals surface area (Å²) in [5.74, 6) is 0. The zero-order valence-electron chi connectivity index (χ0n) is 10.2. The topological polar surface area (TPSA) is 95.2 Å². The maximum absolute atomic E-state index is 8.49. The molecule has 1 aromatic heterocycles. The Bertz CT molecular complexity index is 564. The quantitative estimate of drug-likeness (QED) is 0.554. The maximum atomic E-state index is 8.49. The van der Waals surface area contributed by atoms with E-state index in [-0.39, 0.29) is 0 Å². The molecule has 2 aromatic rings. The minimum absolute atomic E-state index is 1.31. The van der Waals surface area contributed by atoms with Gasteiger partial charge < -0.3 is 0 Å². The third kappa shape index (κ3) is 6.79. The van der Waals surface area contributed by atoms with Crippen molar-refractivity contribution in [1.29, 1.82) is 0 Å². The molecule has 5 nitrogen and oxygen atoms in total. The van der Waals surface area contributed by atoms with Crippen molar-refractivity contribution in [2.45, 2.75) is 0 Å². The second-order valence-corrected chi connectivity index (χ2v) is 6.51. The summed E-state index contributed by atoms with van der Waals surface area (Å²) in [5.41, 5.74) is 1.31. The Hall–Kier alpha value is -0.800. The second-order valence-electron chi connectivity index (χ2n) is 3.61. The summed E-state index contributed by atoms with van der Waals surface area (Å²) >= 11 is 3.64. The van der Waals surface area contributed by atoms with Crippen molar-refractivity contribution in [1.82, 2.24) is 4.58 Å². The SMILES string of the molecule is C[N+](C)=c1scc(-c2ccccc2)s1.[O-][Cl+3]([O-])([O-])[O-]. The van der Waals surface area contributed by atoms with E-state index in [9.17, 15) is 0 Å². The molecule has 0 fully saturated rings. The summed E-state index contributed by atoms with van der Waals surface area (Å²) in [6, 6.07) is 10.5. The molecule has 0 spiro atoms. The van der Waals surface area contributed by atoms with Gasteiger partial charge in [0.05, 0.1) is 4.88 Å². The van der Waals surface area contributed by atoms with E-state index < -0.39 is 10.2 Å². The Balaban J connectivity index is 0.000000312. The molecule has 1 heterocycles. The predicted molar refractivity (Wildman–Crippen MR) is 64.7 cm³/mol. The number of nitrogens with zero attached hydrogens (tertiary/aromatic N) is 1. The molecule has 104 valence electrons. The van der Waals surface area contributed by atoms with Crippen molar-refractivity contribution >= 4 is 22.7 Å². The van der Waals surface area contributed by atoms with Crippen LogP contribution in [0, 0.1) is 10.2 Å².